The Morgan fingerprint density at radius 1 is 1.03 bits per heavy atom. The van der Waals surface area contributed by atoms with Gasteiger partial charge in [0.15, 0.2) is 5.76 Å². The Morgan fingerprint density at radius 3 is 2.42 bits per heavy atom. The smallest absolute Gasteiger partial charge is 0.289 e. The monoisotopic (exact) mass is 476 g/mol. The first-order chi connectivity index (χ1) is 15.8. The predicted molar refractivity (Wildman–Crippen MR) is 120 cm³/mol. The number of anilines is 1. The topological polar surface area (TPSA) is 112 Å². The molecule has 0 radical (unpaired) electrons. The van der Waals surface area contributed by atoms with Crippen molar-refractivity contribution in [2.75, 3.05) is 64.3 Å². The molecule has 2 amide bonds. The molecule has 0 bridgehead atoms. The molecular weight excluding hydrogens is 448 g/mol. The molecule has 2 aliphatic rings. The quantitative estimate of drug-likeness (QED) is 0.662. The van der Waals surface area contributed by atoms with Gasteiger partial charge in [-0.3, -0.25) is 14.5 Å². The number of nitrogens with zero attached hydrogens (tertiary/aromatic N) is 3. The average Bonchev–Trinajstić information content (AvgIpc) is 3.36. The molecule has 2 saturated heterocycles. The maximum absolute atomic E-state index is 13.0. The van der Waals surface area contributed by atoms with Gasteiger partial charge in [0.2, 0.25) is 15.9 Å². The van der Waals surface area contributed by atoms with E-state index in [4.69, 9.17) is 9.15 Å². The van der Waals surface area contributed by atoms with Gasteiger partial charge in [-0.1, -0.05) is 6.07 Å². The highest BCUT2D eigenvalue weighted by atomic mass is 32.2. The Morgan fingerprint density at radius 2 is 1.76 bits per heavy atom. The largest absolute Gasteiger partial charge is 0.459 e. The van der Waals surface area contributed by atoms with E-state index in [2.05, 4.69) is 5.32 Å². The van der Waals surface area contributed by atoms with Crippen molar-refractivity contribution in [3.63, 3.8) is 0 Å². The summed E-state index contributed by atoms with van der Waals surface area (Å²) < 4.78 is 37.9. The Balaban J connectivity index is 1.33. The first-order valence-electron chi connectivity index (χ1n) is 10.9. The van der Waals surface area contributed by atoms with E-state index in [9.17, 15) is 18.0 Å². The minimum Gasteiger partial charge on any atom is -0.459 e. The van der Waals surface area contributed by atoms with Crippen molar-refractivity contribution in [2.24, 2.45) is 0 Å². The van der Waals surface area contributed by atoms with Crippen molar-refractivity contribution in [3.05, 3.63) is 47.9 Å². The summed E-state index contributed by atoms with van der Waals surface area (Å²) in [6.45, 7) is 5.38. The number of benzene rings is 1. The molecule has 1 N–H and O–H groups in total. The Kier molecular flexibility index (Phi) is 7.13. The average molecular weight is 477 g/mol. The Hall–Kier alpha value is -2.73. The molecule has 33 heavy (non-hydrogen) atoms. The molecule has 0 unspecified atom stereocenters. The van der Waals surface area contributed by atoms with E-state index in [1.165, 1.54) is 16.6 Å². The van der Waals surface area contributed by atoms with Crippen LogP contribution in [0.3, 0.4) is 0 Å². The second-order valence-electron chi connectivity index (χ2n) is 8.09. The summed E-state index contributed by atoms with van der Waals surface area (Å²) in [5.41, 5.74) is 1.06. The number of amides is 2. The van der Waals surface area contributed by atoms with Crippen LogP contribution in [0.1, 0.15) is 16.1 Å². The third kappa shape index (κ3) is 5.44. The van der Waals surface area contributed by atoms with Gasteiger partial charge < -0.3 is 19.4 Å². The molecule has 1 aromatic carbocycles. The number of aryl methyl sites for hydroxylation is 1. The van der Waals surface area contributed by atoms with Crippen LogP contribution in [0.4, 0.5) is 5.69 Å². The Labute approximate surface area is 193 Å². The SMILES string of the molecule is Cc1ccc(NC(=O)CN2CCN(C(=O)c3ccco3)CC2)cc1S(=O)(=O)N1CCOCC1. The lowest BCUT2D eigenvalue weighted by atomic mass is 10.2. The molecule has 2 fully saturated rings. The van der Waals surface area contributed by atoms with E-state index in [0.29, 0.717) is 69.5 Å². The summed E-state index contributed by atoms with van der Waals surface area (Å²) in [5, 5.41) is 2.80. The van der Waals surface area contributed by atoms with Gasteiger partial charge in [0, 0.05) is 45.0 Å². The first kappa shape index (κ1) is 23.4. The van der Waals surface area contributed by atoms with Gasteiger partial charge in [0.05, 0.1) is 30.9 Å². The summed E-state index contributed by atoms with van der Waals surface area (Å²) in [6, 6.07) is 8.22. The molecule has 0 spiro atoms. The van der Waals surface area contributed by atoms with Gasteiger partial charge in [0.25, 0.3) is 5.91 Å². The molecule has 2 aromatic rings. The second-order valence-corrected chi connectivity index (χ2v) is 10.00. The molecule has 4 rings (SSSR count). The van der Waals surface area contributed by atoms with Crippen LogP contribution in [0.5, 0.6) is 0 Å². The Bertz CT molecular complexity index is 1090. The summed E-state index contributed by atoms with van der Waals surface area (Å²) in [5.74, 6) is -0.0828. The summed E-state index contributed by atoms with van der Waals surface area (Å²) in [6.07, 6.45) is 1.47. The molecule has 2 aliphatic heterocycles. The number of hydrogen-bond donors (Lipinski definition) is 1. The highest BCUT2D eigenvalue weighted by molar-refractivity contribution is 7.89. The third-order valence-electron chi connectivity index (χ3n) is 5.82. The number of rotatable bonds is 6. The van der Waals surface area contributed by atoms with Crippen LogP contribution < -0.4 is 5.32 Å². The minimum absolute atomic E-state index is 0.155. The highest BCUT2D eigenvalue weighted by Gasteiger charge is 2.28. The van der Waals surface area contributed by atoms with Crippen LogP contribution >= 0.6 is 0 Å². The van der Waals surface area contributed by atoms with Gasteiger partial charge in [0.1, 0.15) is 0 Å². The number of furan rings is 1. The normalized spacial score (nSPS) is 18.3. The number of hydrogen-bond acceptors (Lipinski definition) is 7. The summed E-state index contributed by atoms with van der Waals surface area (Å²) in [7, 11) is -3.66. The number of carbonyl (C=O) groups is 2. The highest BCUT2D eigenvalue weighted by Crippen LogP contribution is 2.24. The number of ether oxygens (including phenoxy) is 1. The summed E-state index contributed by atoms with van der Waals surface area (Å²) in [4.78, 5) is 28.8. The number of carbonyl (C=O) groups excluding carboxylic acids is 2. The van der Waals surface area contributed by atoms with E-state index < -0.39 is 10.0 Å². The molecule has 0 saturated carbocycles. The van der Waals surface area contributed by atoms with Gasteiger partial charge >= 0.3 is 0 Å². The lowest BCUT2D eigenvalue weighted by Crippen LogP contribution is -2.50. The first-order valence-corrected chi connectivity index (χ1v) is 12.3. The maximum Gasteiger partial charge on any atom is 0.289 e. The van der Waals surface area contributed by atoms with Crippen molar-refractivity contribution in [1.82, 2.24) is 14.1 Å². The van der Waals surface area contributed by atoms with Crippen LogP contribution in [0, 0.1) is 6.92 Å². The molecule has 10 nitrogen and oxygen atoms in total. The molecule has 11 heteroatoms. The van der Waals surface area contributed by atoms with Gasteiger partial charge in [-0.2, -0.15) is 4.31 Å². The second kappa shape index (κ2) is 10.0. The lowest BCUT2D eigenvalue weighted by molar-refractivity contribution is -0.117. The van der Waals surface area contributed by atoms with Gasteiger partial charge in [-0.25, -0.2) is 8.42 Å². The van der Waals surface area contributed by atoms with Crippen molar-refractivity contribution in [1.29, 1.82) is 0 Å². The fourth-order valence-electron chi connectivity index (χ4n) is 3.95. The van der Waals surface area contributed by atoms with Gasteiger partial charge in [-0.15, -0.1) is 0 Å². The zero-order valence-corrected chi connectivity index (χ0v) is 19.3. The molecule has 3 heterocycles. The molecular formula is C22H28N4O6S. The van der Waals surface area contributed by atoms with Crippen LogP contribution in [-0.4, -0.2) is 93.4 Å². The zero-order chi connectivity index (χ0) is 23.4. The molecule has 0 atom stereocenters. The molecule has 178 valence electrons. The fraction of sp³-hybridized carbons (Fsp3) is 0.455. The summed E-state index contributed by atoms with van der Waals surface area (Å²) >= 11 is 0. The standard InChI is InChI=1S/C22H28N4O6S/c1-17-4-5-18(15-20(17)33(29,30)26-10-13-31-14-11-26)23-21(27)16-24-6-8-25(9-7-24)22(28)19-3-2-12-32-19/h2-5,12,15H,6-11,13-14,16H2,1H3,(H,23,27). The molecule has 0 aliphatic carbocycles. The van der Waals surface area contributed by atoms with Crippen molar-refractivity contribution in [2.45, 2.75) is 11.8 Å². The predicted octanol–water partition coefficient (Wildman–Crippen LogP) is 1.01. The van der Waals surface area contributed by atoms with Crippen LogP contribution in [0.2, 0.25) is 0 Å². The third-order valence-corrected chi connectivity index (χ3v) is 7.86. The minimum atomic E-state index is -3.66. The van der Waals surface area contributed by atoms with E-state index in [0.717, 1.165) is 0 Å². The number of nitrogens with one attached hydrogen (secondary N) is 1. The fourth-order valence-corrected chi connectivity index (χ4v) is 5.61. The van der Waals surface area contributed by atoms with Gasteiger partial charge in [-0.05, 0) is 36.8 Å². The van der Waals surface area contributed by atoms with Crippen LogP contribution in [-0.2, 0) is 19.6 Å². The number of morpholine rings is 1. The maximum atomic E-state index is 13.0. The number of piperazine rings is 1. The van der Waals surface area contributed by atoms with Crippen LogP contribution in [0.25, 0.3) is 0 Å². The number of sulfonamides is 1. The van der Waals surface area contributed by atoms with E-state index in [-0.39, 0.29) is 23.3 Å². The lowest BCUT2D eigenvalue weighted by Gasteiger charge is -2.33. The van der Waals surface area contributed by atoms with Crippen molar-refractivity contribution >= 4 is 27.5 Å². The van der Waals surface area contributed by atoms with Crippen molar-refractivity contribution in [3.8, 4) is 0 Å². The zero-order valence-electron chi connectivity index (χ0n) is 18.5. The van der Waals surface area contributed by atoms with E-state index >= 15 is 0 Å². The van der Waals surface area contributed by atoms with Crippen molar-refractivity contribution < 1.29 is 27.2 Å². The van der Waals surface area contributed by atoms with Crippen LogP contribution in [0.15, 0.2) is 45.9 Å². The van der Waals surface area contributed by atoms with E-state index in [1.54, 1.807) is 36.1 Å². The molecule has 1 aromatic heterocycles. The van der Waals surface area contributed by atoms with E-state index in [1.807, 2.05) is 4.90 Å².